The fourth-order valence-corrected chi connectivity index (χ4v) is 5.15. The van der Waals surface area contributed by atoms with E-state index in [-0.39, 0.29) is 5.41 Å². The predicted molar refractivity (Wildman–Crippen MR) is 144 cm³/mol. The number of nitrogens with two attached hydrogens (primary N) is 1. The van der Waals surface area contributed by atoms with Crippen LogP contribution in [0.15, 0.2) is 84.9 Å². The lowest BCUT2D eigenvalue weighted by molar-refractivity contribution is 0.591. The molecule has 0 atom stereocenters. The van der Waals surface area contributed by atoms with Crippen LogP contribution in [0.4, 0.5) is 5.69 Å². The van der Waals surface area contributed by atoms with Gasteiger partial charge in [-0.15, -0.1) is 11.3 Å². The lowest BCUT2D eigenvalue weighted by atomic mass is 9.85. The Morgan fingerprint density at radius 3 is 2.03 bits per heavy atom. The molecule has 4 heteroatoms. The van der Waals surface area contributed by atoms with E-state index in [4.69, 9.17) is 16.0 Å². The fourth-order valence-electron chi connectivity index (χ4n) is 4.07. The van der Waals surface area contributed by atoms with Gasteiger partial charge in [0.25, 0.3) is 0 Å². The average molecular weight is 460 g/mol. The number of hydrogen-bond acceptors (Lipinski definition) is 4. The summed E-state index contributed by atoms with van der Waals surface area (Å²) in [6.07, 6.45) is 0. The van der Waals surface area contributed by atoms with E-state index in [2.05, 4.69) is 63.2 Å². The summed E-state index contributed by atoms with van der Waals surface area (Å²) in [5.41, 5.74) is 15.4. The molecule has 166 valence electrons. The van der Waals surface area contributed by atoms with E-state index in [0.29, 0.717) is 5.56 Å². The lowest BCUT2D eigenvalue weighted by Gasteiger charge is -2.20. The highest BCUT2D eigenvalue weighted by molar-refractivity contribution is 7.21. The second-order valence-corrected chi connectivity index (χ2v) is 10.5. The van der Waals surface area contributed by atoms with Gasteiger partial charge in [-0.25, -0.2) is 4.98 Å². The molecule has 0 saturated heterocycles. The van der Waals surface area contributed by atoms with Crippen LogP contribution in [0, 0.1) is 11.3 Å². The summed E-state index contributed by atoms with van der Waals surface area (Å²) < 4.78 is 1.16. The van der Waals surface area contributed by atoms with Gasteiger partial charge in [-0.2, -0.15) is 5.26 Å². The molecule has 0 aliphatic rings. The maximum absolute atomic E-state index is 9.06. The molecule has 0 amide bonds. The summed E-state index contributed by atoms with van der Waals surface area (Å²) in [4.78, 5) is 5.05. The van der Waals surface area contributed by atoms with Crippen molar-refractivity contribution in [3.05, 3.63) is 96.1 Å². The number of nitrogens with zero attached hydrogens (tertiary/aromatic N) is 2. The molecule has 0 unspecified atom stereocenters. The predicted octanol–water partition coefficient (Wildman–Crippen LogP) is 8.05. The maximum atomic E-state index is 9.06. The van der Waals surface area contributed by atoms with Crippen LogP contribution in [-0.2, 0) is 5.41 Å². The molecule has 1 heterocycles. The maximum Gasteiger partial charge on any atom is 0.126 e. The van der Waals surface area contributed by atoms with Crippen molar-refractivity contribution in [3.63, 3.8) is 0 Å². The van der Waals surface area contributed by atoms with E-state index < -0.39 is 0 Å². The zero-order valence-corrected chi connectivity index (χ0v) is 20.3. The van der Waals surface area contributed by atoms with Gasteiger partial charge in [-0.1, -0.05) is 69.3 Å². The van der Waals surface area contributed by atoms with E-state index in [0.717, 1.165) is 48.7 Å². The number of nitrogen functional groups attached to an aromatic ring is 1. The normalized spacial score (nSPS) is 11.5. The molecule has 5 aromatic rings. The van der Waals surface area contributed by atoms with Crippen LogP contribution in [0.3, 0.4) is 0 Å². The van der Waals surface area contributed by atoms with Crippen LogP contribution >= 0.6 is 11.3 Å². The van der Waals surface area contributed by atoms with Crippen molar-refractivity contribution in [2.45, 2.75) is 26.2 Å². The van der Waals surface area contributed by atoms with Gasteiger partial charge in [0.15, 0.2) is 0 Å². The molecule has 5 rings (SSSR count). The quantitative estimate of drug-likeness (QED) is 0.278. The molecule has 1 aromatic heterocycles. The topological polar surface area (TPSA) is 62.7 Å². The molecule has 4 aromatic carbocycles. The number of benzene rings is 4. The number of anilines is 1. The molecule has 34 heavy (non-hydrogen) atoms. The van der Waals surface area contributed by atoms with Crippen molar-refractivity contribution in [1.82, 2.24) is 4.98 Å². The molecule has 0 fully saturated rings. The van der Waals surface area contributed by atoms with Crippen LogP contribution in [0.25, 0.3) is 43.0 Å². The van der Waals surface area contributed by atoms with E-state index in [1.807, 2.05) is 48.5 Å². The molecule has 3 nitrogen and oxygen atoms in total. The molecule has 0 aliphatic carbocycles. The summed E-state index contributed by atoms with van der Waals surface area (Å²) in [5.74, 6) is 0. The lowest BCUT2D eigenvalue weighted by Crippen LogP contribution is -2.11. The van der Waals surface area contributed by atoms with Crippen molar-refractivity contribution in [2.75, 3.05) is 5.73 Å². The number of hydrogen-bond donors (Lipinski definition) is 1. The molecular weight excluding hydrogens is 434 g/mol. The number of fused-ring (bicyclic) bond motifs is 1. The van der Waals surface area contributed by atoms with Crippen molar-refractivity contribution < 1.29 is 0 Å². The Morgan fingerprint density at radius 1 is 0.794 bits per heavy atom. The number of aromatic nitrogens is 1. The summed E-state index contributed by atoms with van der Waals surface area (Å²) in [6, 6.07) is 30.9. The highest BCUT2D eigenvalue weighted by Crippen LogP contribution is 2.40. The van der Waals surface area contributed by atoms with Crippen molar-refractivity contribution in [3.8, 4) is 38.9 Å². The fraction of sp³-hybridized carbons (Fsp3) is 0.133. The Balaban J connectivity index is 1.64. The number of rotatable bonds is 3. The van der Waals surface area contributed by atoms with Gasteiger partial charge >= 0.3 is 0 Å². The van der Waals surface area contributed by atoms with Gasteiger partial charge in [0, 0.05) is 16.8 Å². The van der Waals surface area contributed by atoms with E-state index >= 15 is 0 Å². The van der Waals surface area contributed by atoms with Crippen molar-refractivity contribution in [1.29, 1.82) is 5.26 Å². The van der Waals surface area contributed by atoms with E-state index in [9.17, 15) is 0 Å². The third-order valence-corrected chi connectivity index (χ3v) is 7.13. The Morgan fingerprint density at radius 2 is 1.41 bits per heavy atom. The molecule has 0 spiro atoms. The minimum atomic E-state index is 0.0152. The van der Waals surface area contributed by atoms with Gasteiger partial charge in [0.05, 0.1) is 21.8 Å². The van der Waals surface area contributed by atoms with Crippen LogP contribution in [0.2, 0.25) is 0 Å². The molecule has 0 radical (unpaired) electrons. The Kier molecular flexibility index (Phi) is 5.43. The SMILES string of the molecule is CC(C)(C)c1cc(-c2ccc(-c3ccc(C#N)cc3)cc2)c2nc(-c3ccccc3N)sc2c1. The molecular formula is C30H25N3S. The van der Waals surface area contributed by atoms with Gasteiger partial charge < -0.3 is 5.73 Å². The minimum absolute atomic E-state index is 0.0152. The first-order chi connectivity index (χ1) is 16.3. The molecule has 0 bridgehead atoms. The number of nitriles is 1. The summed E-state index contributed by atoms with van der Waals surface area (Å²) in [7, 11) is 0. The van der Waals surface area contributed by atoms with Crippen molar-refractivity contribution in [2.24, 2.45) is 0 Å². The molecule has 0 saturated carbocycles. The average Bonchev–Trinajstić information content (AvgIpc) is 3.27. The number of para-hydroxylation sites is 1. The van der Waals surface area contributed by atoms with Gasteiger partial charge in [-0.3, -0.25) is 0 Å². The smallest absolute Gasteiger partial charge is 0.126 e. The van der Waals surface area contributed by atoms with Gasteiger partial charge in [-0.05, 0) is 64.1 Å². The van der Waals surface area contributed by atoms with E-state index in [1.54, 1.807) is 11.3 Å². The Labute approximate surface area is 204 Å². The van der Waals surface area contributed by atoms with Gasteiger partial charge in [0.2, 0.25) is 0 Å². The number of thiazole rings is 1. The summed E-state index contributed by atoms with van der Waals surface area (Å²) in [6.45, 7) is 6.72. The Bertz CT molecular complexity index is 1530. The monoisotopic (exact) mass is 459 g/mol. The van der Waals surface area contributed by atoms with Crippen molar-refractivity contribution >= 4 is 27.2 Å². The van der Waals surface area contributed by atoms with Crippen LogP contribution in [0.5, 0.6) is 0 Å². The summed E-state index contributed by atoms with van der Waals surface area (Å²) in [5, 5.41) is 9.99. The third-order valence-electron chi connectivity index (χ3n) is 6.10. The highest BCUT2D eigenvalue weighted by atomic mass is 32.1. The van der Waals surface area contributed by atoms with Crippen LogP contribution in [-0.4, -0.2) is 4.98 Å². The van der Waals surface area contributed by atoms with E-state index in [1.165, 1.54) is 5.56 Å². The van der Waals surface area contributed by atoms with Gasteiger partial charge in [0.1, 0.15) is 5.01 Å². The zero-order chi connectivity index (χ0) is 23.9. The Hall–Kier alpha value is -3.94. The standard InChI is InChI=1S/C30H25N3S/c1-30(2,3)23-16-25(22-14-12-21(13-15-22)20-10-8-19(18-31)9-11-20)28-27(17-23)34-29(33-28)24-6-4-5-7-26(24)32/h4-17H,32H2,1-3H3. The summed E-state index contributed by atoms with van der Waals surface area (Å²) >= 11 is 1.69. The minimum Gasteiger partial charge on any atom is -0.398 e. The van der Waals surface area contributed by atoms with Crippen LogP contribution < -0.4 is 5.73 Å². The first-order valence-corrected chi connectivity index (χ1v) is 12.1. The zero-order valence-electron chi connectivity index (χ0n) is 19.5. The second-order valence-electron chi connectivity index (χ2n) is 9.49. The highest BCUT2D eigenvalue weighted by Gasteiger charge is 2.20. The molecule has 0 aliphatic heterocycles. The largest absolute Gasteiger partial charge is 0.398 e. The third kappa shape index (κ3) is 4.07. The first-order valence-electron chi connectivity index (χ1n) is 11.2. The first kappa shape index (κ1) is 21.9. The van der Waals surface area contributed by atoms with Crippen LogP contribution in [0.1, 0.15) is 31.9 Å². The second kappa shape index (κ2) is 8.44. The molecule has 2 N–H and O–H groups in total.